The third-order valence-electron chi connectivity index (χ3n) is 1.51. The Morgan fingerprint density at radius 3 is 2.33 bits per heavy atom. The predicted molar refractivity (Wildman–Crippen MR) is 35.2 cm³/mol. The molecule has 1 amide bonds. The average molecular weight is 147 g/mol. The van der Waals surface area contributed by atoms with Crippen molar-refractivity contribution in [2.75, 3.05) is 6.26 Å². The molecule has 1 rings (SSSR count). The van der Waals surface area contributed by atoms with Crippen molar-refractivity contribution in [2.45, 2.75) is 12.3 Å². The minimum atomic E-state index is -0.906. The minimum absolute atomic E-state index is 0.00944. The molecule has 52 valence electrons. The molecule has 1 aliphatic heterocycles. The van der Waals surface area contributed by atoms with Crippen molar-refractivity contribution < 1.29 is 9.00 Å². The van der Waals surface area contributed by atoms with E-state index < -0.39 is 10.8 Å². The zero-order chi connectivity index (χ0) is 7.02. The molecule has 3 unspecified atom stereocenters. The maximum atomic E-state index is 10.7. The van der Waals surface area contributed by atoms with Crippen molar-refractivity contribution in [2.24, 2.45) is 5.92 Å². The highest BCUT2D eigenvalue weighted by Crippen LogP contribution is 2.15. The molecule has 0 saturated carbocycles. The van der Waals surface area contributed by atoms with Gasteiger partial charge >= 0.3 is 0 Å². The van der Waals surface area contributed by atoms with Crippen molar-refractivity contribution in [1.29, 1.82) is 0 Å². The molecular formula is C5H9NO2S. The van der Waals surface area contributed by atoms with Gasteiger partial charge in [-0.3, -0.25) is 9.00 Å². The van der Waals surface area contributed by atoms with Gasteiger partial charge in [0.25, 0.3) is 0 Å². The molecule has 0 bridgehead atoms. The van der Waals surface area contributed by atoms with Gasteiger partial charge in [-0.15, -0.1) is 0 Å². The van der Waals surface area contributed by atoms with Crippen LogP contribution in [-0.4, -0.2) is 21.7 Å². The molecular weight excluding hydrogens is 138 g/mol. The first kappa shape index (κ1) is 6.74. The third-order valence-corrected chi connectivity index (χ3v) is 2.75. The molecule has 0 aromatic carbocycles. The molecule has 1 heterocycles. The highest BCUT2D eigenvalue weighted by molar-refractivity contribution is 7.85. The zero-order valence-corrected chi connectivity index (χ0v) is 6.20. The van der Waals surface area contributed by atoms with Crippen LogP contribution >= 0.6 is 0 Å². The van der Waals surface area contributed by atoms with Crippen molar-refractivity contribution in [1.82, 2.24) is 5.32 Å². The minimum Gasteiger partial charge on any atom is -0.341 e. The van der Waals surface area contributed by atoms with Crippen LogP contribution in [0.4, 0.5) is 0 Å². The maximum absolute atomic E-state index is 10.7. The quantitative estimate of drug-likeness (QED) is 0.506. The molecule has 1 saturated heterocycles. The summed E-state index contributed by atoms with van der Waals surface area (Å²) >= 11 is 0. The maximum Gasteiger partial charge on any atom is 0.226 e. The van der Waals surface area contributed by atoms with Crippen LogP contribution in [0.2, 0.25) is 0 Å². The van der Waals surface area contributed by atoms with Crippen molar-refractivity contribution in [3.8, 4) is 0 Å². The lowest BCUT2D eigenvalue weighted by molar-refractivity contribution is -0.131. The Hall–Kier alpha value is -0.380. The Balaban J connectivity index is 2.51. The fourth-order valence-corrected chi connectivity index (χ4v) is 1.79. The first-order chi connectivity index (χ1) is 4.13. The lowest BCUT2D eigenvalue weighted by Crippen LogP contribution is -2.58. The Labute approximate surface area is 56.3 Å². The van der Waals surface area contributed by atoms with Crippen LogP contribution in [0.1, 0.15) is 6.92 Å². The van der Waals surface area contributed by atoms with Gasteiger partial charge in [0.05, 0.1) is 5.92 Å². The second-order valence-electron chi connectivity index (χ2n) is 2.22. The summed E-state index contributed by atoms with van der Waals surface area (Å²) in [6.45, 7) is 1.78. The summed E-state index contributed by atoms with van der Waals surface area (Å²) in [5.74, 6) is -0.0500. The summed E-state index contributed by atoms with van der Waals surface area (Å²) in [5, 5.41) is 2.45. The van der Waals surface area contributed by atoms with E-state index in [0.717, 1.165) is 0 Å². The van der Waals surface area contributed by atoms with Crippen LogP contribution in [0.15, 0.2) is 0 Å². The molecule has 3 nitrogen and oxygen atoms in total. The van der Waals surface area contributed by atoms with E-state index in [4.69, 9.17) is 0 Å². The van der Waals surface area contributed by atoms with E-state index in [1.165, 1.54) is 0 Å². The van der Waals surface area contributed by atoms with E-state index in [0.29, 0.717) is 0 Å². The summed E-state index contributed by atoms with van der Waals surface area (Å²) in [7, 11) is -0.906. The van der Waals surface area contributed by atoms with Crippen molar-refractivity contribution in [3.05, 3.63) is 0 Å². The van der Waals surface area contributed by atoms with Gasteiger partial charge in [-0.05, 0) is 0 Å². The van der Waals surface area contributed by atoms with Crippen LogP contribution < -0.4 is 5.32 Å². The predicted octanol–water partition coefficient (Wildman–Crippen LogP) is -0.543. The Bertz CT molecular complexity index is 168. The van der Waals surface area contributed by atoms with Gasteiger partial charge in [0.2, 0.25) is 5.91 Å². The Kier molecular flexibility index (Phi) is 1.57. The molecule has 3 atom stereocenters. The molecule has 0 spiro atoms. The third kappa shape index (κ3) is 0.986. The standard InChI is InChI=1S/C5H9NO2S/c1-3-4(7)6-5(3)9(2)8/h3,5H,1-2H3,(H,6,7). The lowest BCUT2D eigenvalue weighted by atomic mass is 10.1. The van der Waals surface area contributed by atoms with Gasteiger partial charge in [0.1, 0.15) is 5.37 Å². The molecule has 9 heavy (non-hydrogen) atoms. The van der Waals surface area contributed by atoms with Crippen LogP contribution in [0.3, 0.4) is 0 Å². The first-order valence-corrected chi connectivity index (χ1v) is 4.37. The van der Waals surface area contributed by atoms with Gasteiger partial charge in [-0.25, -0.2) is 0 Å². The van der Waals surface area contributed by atoms with Gasteiger partial charge < -0.3 is 5.32 Å². The van der Waals surface area contributed by atoms with Crippen LogP contribution in [0, 0.1) is 5.92 Å². The van der Waals surface area contributed by atoms with Gasteiger partial charge in [0.15, 0.2) is 0 Å². The molecule has 1 fully saturated rings. The summed E-state index contributed by atoms with van der Waals surface area (Å²) in [5.41, 5.74) is 0. The fraction of sp³-hybridized carbons (Fsp3) is 0.800. The smallest absolute Gasteiger partial charge is 0.226 e. The summed E-state index contributed by atoms with van der Waals surface area (Å²) in [4.78, 5) is 10.5. The number of amides is 1. The van der Waals surface area contributed by atoms with E-state index in [2.05, 4.69) is 5.32 Å². The van der Waals surface area contributed by atoms with Crippen LogP contribution in [0.5, 0.6) is 0 Å². The normalized spacial score (nSPS) is 36.9. The average Bonchev–Trinajstić information content (AvgIpc) is 1.81. The van der Waals surface area contributed by atoms with E-state index in [1.807, 2.05) is 0 Å². The number of hydrogen-bond donors (Lipinski definition) is 1. The van der Waals surface area contributed by atoms with Crippen molar-refractivity contribution in [3.63, 3.8) is 0 Å². The van der Waals surface area contributed by atoms with Gasteiger partial charge in [-0.1, -0.05) is 6.92 Å². The number of carbonyl (C=O) groups excluding carboxylic acids is 1. The monoisotopic (exact) mass is 147 g/mol. The van der Waals surface area contributed by atoms with Crippen molar-refractivity contribution >= 4 is 16.7 Å². The van der Waals surface area contributed by atoms with Gasteiger partial charge in [0, 0.05) is 17.1 Å². The number of carbonyl (C=O) groups is 1. The van der Waals surface area contributed by atoms with E-state index >= 15 is 0 Å². The summed E-state index contributed by atoms with van der Waals surface area (Å²) in [6, 6.07) is 0. The zero-order valence-electron chi connectivity index (χ0n) is 5.38. The molecule has 1 aliphatic rings. The SMILES string of the molecule is CC1C(=O)NC1S(C)=O. The topological polar surface area (TPSA) is 46.2 Å². The molecule has 4 heteroatoms. The lowest BCUT2D eigenvalue weighted by Gasteiger charge is -2.31. The molecule has 1 N–H and O–H groups in total. The second-order valence-corrected chi connectivity index (χ2v) is 3.72. The molecule has 0 radical (unpaired) electrons. The fourth-order valence-electron chi connectivity index (χ4n) is 0.808. The summed E-state index contributed by atoms with van der Waals surface area (Å²) in [6.07, 6.45) is 1.60. The Morgan fingerprint density at radius 2 is 2.22 bits per heavy atom. The number of β-lactam (4-membered cyclic amide) rings is 1. The van der Waals surface area contributed by atoms with Gasteiger partial charge in [-0.2, -0.15) is 0 Å². The number of nitrogens with one attached hydrogen (secondary N) is 1. The molecule has 0 aromatic rings. The second kappa shape index (κ2) is 2.10. The highest BCUT2D eigenvalue weighted by atomic mass is 32.2. The van der Waals surface area contributed by atoms with Crippen LogP contribution in [-0.2, 0) is 15.6 Å². The van der Waals surface area contributed by atoms with E-state index in [-0.39, 0.29) is 17.2 Å². The van der Waals surface area contributed by atoms with E-state index in [9.17, 15) is 9.00 Å². The Morgan fingerprint density at radius 1 is 1.67 bits per heavy atom. The van der Waals surface area contributed by atoms with Crippen LogP contribution in [0.25, 0.3) is 0 Å². The largest absolute Gasteiger partial charge is 0.341 e. The molecule has 0 aromatic heterocycles. The number of rotatable bonds is 1. The van der Waals surface area contributed by atoms with E-state index in [1.54, 1.807) is 13.2 Å². The molecule has 0 aliphatic carbocycles. The first-order valence-electron chi connectivity index (χ1n) is 2.75. The summed E-state index contributed by atoms with van der Waals surface area (Å²) < 4.78 is 10.7. The highest BCUT2D eigenvalue weighted by Gasteiger charge is 2.37. The number of hydrogen-bond acceptors (Lipinski definition) is 2.